The van der Waals surface area contributed by atoms with E-state index in [2.05, 4.69) is 45.2 Å². The largest absolute Gasteiger partial charge is 0.377 e. The second kappa shape index (κ2) is 9.68. The molecule has 178 valence electrons. The third kappa shape index (κ3) is 4.66. The summed E-state index contributed by atoms with van der Waals surface area (Å²) in [6.45, 7) is 7.69. The zero-order valence-electron chi connectivity index (χ0n) is 19.3. The van der Waals surface area contributed by atoms with Crippen LogP contribution in [0.3, 0.4) is 0 Å². The number of fused-ring (bicyclic) bond motifs is 1. The zero-order chi connectivity index (χ0) is 22.9. The molecule has 4 heterocycles. The number of hydrogen-bond donors (Lipinski definition) is 1. The van der Waals surface area contributed by atoms with Gasteiger partial charge in [-0.05, 0) is 62.9 Å². The number of anilines is 1. The van der Waals surface area contributed by atoms with Crippen molar-refractivity contribution in [3.63, 3.8) is 0 Å². The summed E-state index contributed by atoms with van der Waals surface area (Å²) >= 11 is 6.68. The third-order valence-electron chi connectivity index (χ3n) is 7.23. The van der Waals surface area contributed by atoms with Crippen molar-refractivity contribution >= 4 is 34.7 Å². The van der Waals surface area contributed by atoms with Crippen molar-refractivity contribution in [2.24, 2.45) is 5.10 Å². The summed E-state index contributed by atoms with van der Waals surface area (Å²) in [7, 11) is 0. The van der Waals surface area contributed by atoms with Crippen LogP contribution in [0.1, 0.15) is 44.6 Å². The van der Waals surface area contributed by atoms with Crippen molar-refractivity contribution in [2.75, 3.05) is 38.2 Å². The number of nitrogens with zero attached hydrogens (tertiary/aromatic N) is 5. The number of rotatable bonds is 6. The Kier molecular flexibility index (Phi) is 6.67. The summed E-state index contributed by atoms with van der Waals surface area (Å²) < 4.78 is 19.4. The van der Waals surface area contributed by atoms with Crippen LogP contribution >= 0.6 is 11.6 Å². The molecule has 3 aliphatic rings. The van der Waals surface area contributed by atoms with Gasteiger partial charge in [-0.1, -0.05) is 18.5 Å². The second-order valence-corrected chi connectivity index (χ2v) is 9.80. The highest BCUT2D eigenvalue weighted by molar-refractivity contribution is 6.32. The zero-order valence-corrected chi connectivity index (χ0v) is 20.0. The van der Waals surface area contributed by atoms with Crippen molar-refractivity contribution in [3.05, 3.63) is 28.9 Å². The van der Waals surface area contributed by atoms with Gasteiger partial charge in [-0.15, -0.1) is 0 Å². The van der Waals surface area contributed by atoms with Gasteiger partial charge >= 0.3 is 0 Å². The van der Waals surface area contributed by atoms with Gasteiger partial charge in [0, 0.05) is 29.4 Å². The highest BCUT2D eigenvalue weighted by atomic mass is 35.5. The third-order valence-corrected chi connectivity index (χ3v) is 7.56. The Bertz CT molecular complexity index is 1010. The van der Waals surface area contributed by atoms with Crippen LogP contribution in [-0.4, -0.2) is 83.2 Å². The summed E-state index contributed by atoms with van der Waals surface area (Å²) in [6, 6.07) is 4.30. The summed E-state index contributed by atoms with van der Waals surface area (Å²) in [4.78, 5) is 11.5. The Hall–Kier alpha value is -2.03. The first-order chi connectivity index (χ1) is 16.0. The molecule has 9 heteroatoms. The van der Waals surface area contributed by atoms with E-state index in [0.29, 0.717) is 18.5 Å². The van der Waals surface area contributed by atoms with E-state index in [1.165, 1.54) is 0 Å². The molecule has 2 fully saturated rings. The maximum atomic E-state index is 14.1. The standard InChI is InChI=1S/C24H32ClFN6O/c1-3-6-32-15(2)22(12-28-32)30-24-27-11-17-9-19(25)18(10-21(17)29-24)16-4-7-31(8-5-16)23-14-33-13-20(23)26/h9-12,15-16,20,22-23H,3-8,13-14H2,1-2H3,(H,27,29,30). The number of aromatic nitrogens is 2. The van der Waals surface area contributed by atoms with Gasteiger partial charge in [0.1, 0.15) is 6.17 Å². The number of alkyl halides is 1. The molecule has 0 radical (unpaired) electrons. The number of benzene rings is 1. The molecule has 0 saturated carbocycles. The van der Waals surface area contributed by atoms with E-state index in [0.717, 1.165) is 60.4 Å². The number of hydrazone groups is 1. The van der Waals surface area contributed by atoms with Crippen LogP contribution in [0.15, 0.2) is 23.4 Å². The maximum Gasteiger partial charge on any atom is 0.223 e. The molecule has 0 spiro atoms. The van der Waals surface area contributed by atoms with E-state index in [1.807, 2.05) is 18.5 Å². The Balaban J connectivity index is 1.29. The fourth-order valence-electron chi connectivity index (χ4n) is 5.21. The molecule has 4 atom stereocenters. The molecule has 3 aliphatic heterocycles. The van der Waals surface area contributed by atoms with Gasteiger partial charge in [-0.25, -0.2) is 14.4 Å². The van der Waals surface area contributed by atoms with Crippen LogP contribution in [0.25, 0.3) is 10.9 Å². The molecule has 4 unspecified atom stereocenters. The number of ether oxygens (including phenoxy) is 1. The molecule has 5 rings (SSSR count). The minimum atomic E-state index is -0.880. The molecule has 1 aromatic carbocycles. The minimum absolute atomic E-state index is 0.0731. The Labute approximate surface area is 199 Å². The molecule has 2 saturated heterocycles. The predicted octanol–water partition coefficient (Wildman–Crippen LogP) is 4.08. The van der Waals surface area contributed by atoms with E-state index < -0.39 is 6.17 Å². The van der Waals surface area contributed by atoms with Crippen LogP contribution in [0, 0.1) is 0 Å². The quantitative estimate of drug-likeness (QED) is 0.680. The molecule has 33 heavy (non-hydrogen) atoms. The first-order valence-corrected chi connectivity index (χ1v) is 12.4. The van der Waals surface area contributed by atoms with Crippen molar-refractivity contribution in [1.82, 2.24) is 19.9 Å². The predicted molar refractivity (Wildman–Crippen MR) is 130 cm³/mol. The Morgan fingerprint density at radius 3 is 2.79 bits per heavy atom. The van der Waals surface area contributed by atoms with Gasteiger partial charge in [-0.3, -0.25) is 9.91 Å². The number of nitrogens with one attached hydrogen (secondary N) is 1. The first kappa shape index (κ1) is 22.7. The lowest BCUT2D eigenvalue weighted by atomic mass is 9.88. The molecule has 1 N–H and O–H groups in total. The highest BCUT2D eigenvalue weighted by Gasteiger charge is 2.35. The van der Waals surface area contributed by atoms with Crippen LogP contribution < -0.4 is 5.32 Å². The van der Waals surface area contributed by atoms with E-state index in [4.69, 9.17) is 21.3 Å². The van der Waals surface area contributed by atoms with Gasteiger partial charge in [0.25, 0.3) is 0 Å². The van der Waals surface area contributed by atoms with Crippen molar-refractivity contribution in [3.8, 4) is 0 Å². The van der Waals surface area contributed by atoms with Crippen LogP contribution in [0.2, 0.25) is 5.02 Å². The van der Waals surface area contributed by atoms with Gasteiger partial charge < -0.3 is 10.1 Å². The van der Waals surface area contributed by atoms with E-state index in [9.17, 15) is 4.39 Å². The van der Waals surface area contributed by atoms with Crippen LogP contribution in [-0.2, 0) is 4.74 Å². The molecule has 1 aromatic heterocycles. The maximum absolute atomic E-state index is 14.1. The fourth-order valence-corrected chi connectivity index (χ4v) is 5.54. The van der Waals surface area contributed by atoms with Crippen molar-refractivity contribution in [2.45, 2.75) is 63.3 Å². The smallest absolute Gasteiger partial charge is 0.223 e. The molecule has 0 amide bonds. The monoisotopic (exact) mass is 474 g/mol. The minimum Gasteiger partial charge on any atom is -0.377 e. The van der Waals surface area contributed by atoms with Gasteiger partial charge in [0.15, 0.2) is 0 Å². The molecular weight excluding hydrogens is 443 g/mol. The topological polar surface area (TPSA) is 65.9 Å². The van der Waals surface area contributed by atoms with E-state index in [1.54, 1.807) is 0 Å². The number of hydrogen-bond acceptors (Lipinski definition) is 7. The Morgan fingerprint density at radius 1 is 1.24 bits per heavy atom. The SMILES string of the molecule is CCCN1N=CC(Nc2ncc3cc(Cl)c(C4CCN(C5COCC5F)CC4)cc3n2)C1C. The average molecular weight is 475 g/mol. The molecule has 0 aliphatic carbocycles. The van der Waals surface area contributed by atoms with E-state index in [-0.39, 0.29) is 24.7 Å². The number of halogens is 2. The van der Waals surface area contributed by atoms with Gasteiger partial charge in [0.05, 0.1) is 36.9 Å². The first-order valence-electron chi connectivity index (χ1n) is 12.0. The average Bonchev–Trinajstić information content (AvgIpc) is 3.40. The van der Waals surface area contributed by atoms with Gasteiger partial charge in [-0.2, -0.15) is 5.10 Å². The Morgan fingerprint density at radius 2 is 2.06 bits per heavy atom. The molecule has 0 bridgehead atoms. The summed E-state index contributed by atoms with van der Waals surface area (Å²) in [5.41, 5.74) is 2.01. The van der Waals surface area contributed by atoms with Gasteiger partial charge in [0.2, 0.25) is 5.95 Å². The lowest BCUT2D eigenvalue weighted by Crippen LogP contribution is -2.45. The van der Waals surface area contributed by atoms with Crippen LogP contribution in [0.5, 0.6) is 0 Å². The normalized spacial score (nSPS) is 28.8. The van der Waals surface area contributed by atoms with E-state index >= 15 is 0 Å². The highest BCUT2D eigenvalue weighted by Crippen LogP contribution is 2.36. The van der Waals surface area contributed by atoms with Crippen molar-refractivity contribution in [1.29, 1.82) is 0 Å². The molecule has 2 aromatic rings. The van der Waals surface area contributed by atoms with Crippen molar-refractivity contribution < 1.29 is 9.13 Å². The number of piperidine rings is 1. The van der Waals surface area contributed by atoms with Crippen LogP contribution in [0.4, 0.5) is 10.3 Å². The summed E-state index contributed by atoms with van der Waals surface area (Å²) in [5, 5.41) is 11.7. The molecular formula is C24H32ClFN6O. The number of likely N-dealkylation sites (tertiary alicyclic amines) is 1. The fraction of sp³-hybridized carbons (Fsp3) is 0.625. The second-order valence-electron chi connectivity index (χ2n) is 9.40. The lowest BCUT2D eigenvalue weighted by molar-refractivity contribution is 0.106. The summed E-state index contributed by atoms with van der Waals surface area (Å²) in [5.74, 6) is 0.942. The summed E-state index contributed by atoms with van der Waals surface area (Å²) in [6.07, 6.45) is 5.85. The lowest BCUT2D eigenvalue weighted by Gasteiger charge is -2.36. The molecule has 7 nitrogen and oxygen atoms in total.